The summed E-state index contributed by atoms with van der Waals surface area (Å²) in [5, 5.41) is 9.46. The van der Waals surface area contributed by atoms with E-state index in [1.807, 2.05) is 13.8 Å². The van der Waals surface area contributed by atoms with E-state index in [2.05, 4.69) is 21.3 Å². The van der Waals surface area contributed by atoms with Crippen LogP contribution >= 0.6 is 0 Å². The zero-order valence-corrected chi connectivity index (χ0v) is 21.7. The topological polar surface area (TPSA) is 116 Å². The van der Waals surface area contributed by atoms with E-state index in [0.29, 0.717) is 0 Å². The van der Waals surface area contributed by atoms with Gasteiger partial charge in [0, 0.05) is 72.1 Å². The van der Waals surface area contributed by atoms with E-state index in [1.54, 1.807) is 13.5 Å². The molecule has 0 rings (SSSR count). The van der Waals surface area contributed by atoms with E-state index in [0.717, 1.165) is 0 Å². The molecule has 0 saturated heterocycles. The predicted octanol–water partition coefficient (Wildman–Crippen LogP) is -0.232. The Hall–Kier alpha value is 0.248. The van der Waals surface area contributed by atoms with Crippen molar-refractivity contribution < 1.29 is 84.6 Å². The van der Waals surface area contributed by atoms with Crippen molar-refractivity contribution in [3.63, 3.8) is 0 Å². The van der Waals surface area contributed by atoms with Crippen LogP contribution in [0.2, 0.25) is 0 Å². The average Bonchev–Trinajstić information content (AvgIpc) is 2.32. The van der Waals surface area contributed by atoms with Crippen LogP contribution in [0.25, 0.3) is 0 Å². The van der Waals surface area contributed by atoms with Crippen molar-refractivity contribution in [1.29, 1.82) is 0 Å². The predicted molar refractivity (Wildman–Crippen MR) is 91.5 cm³/mol. The molecule has 8 nitrogen and oxygen atoms in total. The van der Waals surface area contributed by atoms with Crippen LogP contribution in [-0.2, 0) is 84.6 Å². The van der Waals surface area contributed by atoms with Crippen LogP contribution in [0.5, 0.6) is 0 Å². The molecule has 10 heteroatoms. The Morgan fingerprint density at radius 1 is 0.792 bits per heavy atom. The molecular weight excluding hydrogens is 466 g/mol. The fraction of sp³-hybridized carbons (Fsp3) is 0.429. The second-order valence-corrected chi connectivity index (χ2v) is 3.04. The van der Waals surface area contributed by atoms with Crippen molar-refractivity contribution in [2.75, 3.05) is 13.7 Å². The van der Waals surface area contributed by atoms with Gasteiger partial charge in [-0.25, -0.2) is 0 Å². The second kappa shape index (κ2) is 49.5. The molecule has 144 valence electrons. The Morgan fingerprint density at radius 2 is 1.08 bits per heavy atom. The molecule has 0 aliphatic heterocycles. The fourth-order valence-electron chi connectivity index (χ4n) is 0.306. The van der Waals surface area contributed by atoms with Gasteiger partial charge in [-0.3, -0.25) is 6.29 Å². The molecule has 0 heterocycles. The van der Waals surface area contributed by atoms with Crippen LogP contribution in [0.1, 0.15) is 20.8 Å². The molecule has 0 aromatic carbocycles. The van der Waals surface area contributed by atoms with Crippen molar-refractivity contribution >= 4 is 25.5 Å². The molecule has 0 aliphatic carbocycles. The van der Waals surface area contributed by atoms with Crippen LogP contribution in [0.4, 0.5) is 0 Å². The SMILES string of the molecule is CNC(C)(C)N[C-]=O.C[C-]=O.O=[C-]NCN[C-]=O.[CH3-].[CH3-].[CH3-].[CH3-].[Y].[Y]. The maximum atomic E-state index is 9.70. The number of nitrogens with one attached hydrogen (secondary N) is 4. The molecule has 0 aromatic rings. The molecule has 0 atom stereocenters. The summed E-state index contributed by atoms with van der Waals surface area (Å²) in [6.07, 6.45) is 5.82. The summed E-state index contributed by atoms with van der Waals surface area (Å²) in [4.78, 5) is 36.9. The molecule has 0 spiro atoms. The quantitative estimate of drug-likeness (QED) is 0.168. The first kappa shape index (κ1) is 56.4. The van der Waals surface area contributed by atoms with Gasteiger partial charge in [0.25, 0.3) is 0 Å². The summed E-state index contributed by atoms with van der Waals surface area (Å²) in [7, 11) is 1.77. The summed E-state index contributed by atoms with van der Waals surface area (Å²) >= 11 is 0. The number of amides is 3. The maximum Gasteiger partial charge on any atom is 0.0544 e. The standard InChI is InChI=1S/C5H11N2O.C3H4N2O2.C2H3O.4CH3.2Y/c1-5(2,6-3)7-4-8;6-2-4-1-5-3-7;1-2-3;;;;;;/h6H,1-3H3,(H,7,8);1H2,(H,4,6)(H,5,7);1H3;4*1H3;;/q-1;-2;5*-1;;. The third-order valence-electron chi connectivity index (χ3n) is 1.31. The smallest absolute Gasteiger partial charge is 0.0544 e. The molecule has 4 N–H and O–H groups in total. The van der Waals surface area contributed by atoms with E-state index in [4.69, 9.17) is 4.79 Å². The van der Waals surface area contributed by atoms with Gasteiger partial charge in [-0.05, 0) is 20.9 Å². The van der Waals surface area contributed by atoms with E-state index in [9.17, 15) is 14.4 Å². The first-order valence-electron chi connectivity index (χ1n) is 4.77. The number of carbonyl (C=O) groups excluding carboxylic acids is 4. The minimum atomic E-state index is -0.332. The Kier molecular flexibility index (Phi) is 116. The molecular formula is C14H30N4O4Y2-8. The summed E-state index contributed by atoms with van der Waals surface area (Å²) in [5.74, 6) is 0. The zero-order valence-electron chi connectivity index (χ0n) is 16.0. The van der Waals surface area contributed by atoms with E-state index in [-0.39, 0.29) is 107 Å². The van der Waals surface area contributed by atoms with Gasteiger partial charge in [0.2, 0.25) is 0 Å². The molecule has 0 aromatic heterocycles. The second-order valence-electron chi connectivity index (χ2n) is 3.04. The third kappa shape index (κ3) is 79.4. The Bertz CT molecular complexity index is 227. The van der Waals surface area contributed by atoms with Crippen molar-refractivity contribution in [3.8, 4) is 0 Å². The van der Waals surface area contributed by atoms with Crippen LogP contribution in [0, 0.1) is 29.7 Å². The summed E-state index contributed by atoms with van der Waals surface area (Å²) < 4.78 is 0. The zero-order chi connectivity index (χ0) is 14.9. The van der Waals surface area contributed by atoms with Crippen LogP contribution in [-0.4, -0.2) is 44.9 Å². The van der Waals surface area contributed by atoms with Gasteiger partial charge in [0.15, 0.2) is 0 Å². The molecule has 0 bridgehead atoms. The third-order valence-corrected chi connectivity index (χ3v) is 1.31. The molecule has 3 amide bonds. The van der Waals surface area contributed by atoms with Gasteiger partial charge < -0.3 is 70.2 Å². The molecule has 0 saturated carbocycles. The van der Waals surface area contributed by atoms with E-state index >= 15 is 0 Å². The molecule has 24 heavy (non-hydrogen) atoms. The van der Waals surface area contributed by atoms with Crippen LogP contribution in [0.15, 0.2) is 0 Å². The van der Waals surface area contributed by atoms with Crippen molar-refractivity contribution in [1.82, 2.24) is 21.3 Å². The molecule has 0 unspecified atom stereocenters. The number of hydrogen-bond acceptors (Lipinski definition) is 5. The summed E-state index contributed by atoms with van der Waals surface area (Å²) in [6.45, 7) is 5.10. The van der Waals surface area contributed by atoms with Gasteiger partial charge >= 0.3 is 0 Å². The molecule has 2 radical (unpaired) electrons. The largest absolute Gasteiger partial charge is 0.542 e. The summed E-state index contributed by atoms with van der Waals surface area (Å²) in [5.41, 5.74) is -0.332. The average molecular weight is 496 g/mol. The normalized spacial score (nSPS) is 6.17. The van der Waals surface area contributed by atoms with E-state index in [1.165, 1.54) is 26.0 Å². The first-order valence-corrected chi connectivity index (χ1v) is 4.77. The van der Waals surface area contributed by atoms with Crippen LogP contribution < -0.4 is 21.3 Å². The minimum Gasteiger partial charge on any atom is -0.542 e. The van der Waals surface area contributed by atoms with Crippen molar-refractivity contribution in [2.45, 2.75) is 26.4 Å². The maximum absolute atomic E-state index is 9.70. The number of rotatable bonds is 7. The molecule has 0 aliphatic rings. The Balaban J connectivity index is -0.0000000190. The van der Waals surface area contributed by atoms with Gasteiger partial charge in [-0.1, -0.05) is 0 Å². The van der Waals surface area contributed by atoms with Gasteiger partial charge in [0.05, 0.1) is 5.66 Å². The molecule has 0 fully saturated rings. The van der Waals surface area contributed by atoms with Gasteiger partial charge in [0.1, 0.15) is 0 Å². The van der Waals surface area contributed by atoms with Crippen molar-refractivity contribution in [3.05, 3.63) is 29.7 Å². The summed E-state index contributed by atoms with van der Waals surface area (Å²) in [6, 6.07) is 0. The van der Waals surface area contributed by atoms with Crippen LogP contribution in [0.3, 0.4) is 0 Å². The Labute approximate surface area is 199 Å². The van der Waals surface area contributed by atoms with Crippen molar-refractivity contribution in [2.24, 2.45) is 0 Å². The fourth-order valence-corrected chi connectivity index (χ4v) is 0.306. The van der Waals surface area contributed by atoms with Gasteiger partial charge in [-0.2, -0.15) is 26.2 Å². The number of hydrogen-bond donors (Lipinski definition) is 4. The van der Waals surface area contributed by atoms with Gasteiger partial charge in [-0.15, -0.1) is 0 Å². The van der Waals surface area contributed by atoms with E-state index < -0.39 is 0 Å². The monoisotopic (exact) mass is 496 g/mol. The Morgan fingerprint density at radius 3 is 1.21 bits per heavy atom. The first-order chi connectivity index (χ1) is 8.45. The minimum absolute atomic E-state index is 0.